The predicted molar refractivity (Wildman–Crippen MR) is 537 cm³/mol. The van der Waals surface area contributed by atoms with Crippen LogP contribution in [0.4, 0.5) is 5.69 Å². The first kappa shape index (κ1) is 121. The molecule has 54 heteroatoms. The molecule has 1 aliphatic heterocycles. The molecule has 4 saturated carbocycles. The number of amides is 13. The van der Waals surface area contributed by atoms with Gasteiger partial charge in [0, 0.05) is 174 Å². The number of nitrogens with one attached hydrogen (secondary N) is 14. The standard InChI is InChI=1S/C92H135N15O34S5/c93-69(118)19-24-97-80(128)56(10-4-8-23-102-88(142)103-48-13-16-51(54(33-48)83(131)132)74-52-17-14-49(108)34-67(52)141-68-35-50(109)15-18-53(68)74)106-82(130)58(107-81(129)57(105-73(122)47-146-32-28-101-87(136)92(140)42-65(116)78(126)66(117)43-92)11-2-6-21-95-71(120)45-144-30-26-99-85(134)90(138)38-61(112)76(124)62(113)39-90)12-3-7-22-96-79(127)55(104-72(121)46-145-31-27-100-86(135)91(139)40-63(114)77(125)64(115)41-91)9-1-5-20-94-70(119)44-143-29-25-98-84(133)89(137)36-59(110)75(123)60(111)37-89/h13-18,33-35,55-66,75-78,108,110-117,123-126,137-140H,1-12,19-32,36-47H2,(H2,93,118)(H,94,119)(H,95,120)(H,96,127)(H,97,128)(H,98,133)(H,99,134)(H,100,135)(H,101,136)(H,104,121)(H,105,122)(H,106,130)(H,107,129)(H,131,132)(H2,102,103,142)/t55-,56-,57-,58-,59-,60-,61-,62-,63-,64-,65-,66-,75?,76?,77?,78?,89?,90?,91?,92?/m0/s1. The van der Waals surface area contributed by atoms with E-state index in [-0.39, 0.29) is 233 Å². The molecule has 0 unspecified atom stereocenters. The van der Waals surface area contributed by atoms with Crippen LogP contribution in [0.1, 0.15) is 145 Å². The summed E-state index contributed by atoms with van der Waals surface area (Å²) in [5.41, 5.74) is -2.53. The van der Waals surface area contributed by atoms with Crippen LogP contribution < -0.4 is 85.6 Å². The zero-order valence-corrected chi connectivity index (χ0v) is 84.1. The molecule has 0 bridgehead atoms. The monoisotopic (exact) mass is 2150 g/mol. The number of thiocarbonyl (C=S) groups is 1. The molecule has 4 fully saturated rings. The number of aliphatic hydroxyl groups excluding tert-OH is 12. The van der Waals surface area contributed by atoms with Gasteiger partial charge in [-0.1, -0.05) is 6.07 Å². The number of thioether (sulfide) groups is 4. The molecule has 2 aromatic carbocycles. The second kappa shape index (κ2) is 58.8. The number of aromatic carboxylic acids is 1. The lowest BCUT2D eigenvalue weighted by Gasteiger charge is -2.39. The summed E-state index contributed by atoms with van der Waals surface area (Å²) in [4.78, 5) is 202. The third kappa shape index (κ3) is 37.6. The molecule has 146 heavy (non-hydrogen) atoms. The van der Waals surface area contributed by atoms with Crippen molar-refractivity contribution in [3.8, 4) is 28.2 Å². The number of nitrogens with two attached hydrogens (primary N) is 1. The minimum absolute atomic E-state index is 0.00518. The Morgan fingerprint density at radius 1 is 0.384 bits per heavy atom. The average molecular weight is 2160 g/mol. The van der Waals surface area contributed by atoms with Gasteiger partial charge in [0.2, 0.25) is 53.2 Å². The largest absolute Gasteiger partial charge is 0.508 e. The van der Waals surface area contributed by atoms with Crippen molar-refractivity contribution in [3.63, 3.8) is 0 Å². The van der Waals surface area contributed by atoms with E-state index in [1.807, 2.05) is 0 Å². The number of unbranched alkanes of at least 4 members (excludes halogenated alkanes) is 4. The van der Waals surface area contributed by atoms with E-state index in [1.54, 1.807) is 12.1 Å². The van der Waals surface area contributed by atoms with Crippen molar-refractivity contribution >= 4 is 164 Å². The number of carboxylic acids is 1. The molecule has 6 aliphatic rings. The molecular formula is C92H135N15O34S5. The lowest BCUT2D eigenvalue weighted by molar-refractivity contribution is -0.172. The average Bonchev–Trinajstić information content (AvgIpc) is 0.745. The minimum Gasteiger partial charge on any atom is -0.508 e. The van der Waals surface area contributed by atoms with Gasteiger partial charge in [0.25, 0.3) is 23.6 Å². The summed E-state index contributed by atoms with van der Waals surface area (Å²) in [5, 5.41) is 223. The highest BCUT2D eigenvalue weighted by molar-refractivity contribution is 8.00. The quantitative estimate of drug-likeness (QED) is 0.0111. The number of carbonyl (C=O) groups excluding carboxylic acids is 13. The number of hydrogen-bond donors (Lipinski definition) is 33. The summed E-state index contributed by atoms with van der Waals surface area (Å²) in [5.74, 6) is -11.9. The van der Waals surface area contributed by atoms with Crippen molar-refractivity contribution in [2.24, 2.45) is 5.73 Å². The molecule has 8 rings (SSSR count). The Hall–Kier alpha value is -10.0. The van der Waals surface area contributed by atoms with Crippen molar-refractivity contribution < 1.29 is 163 Å². The number of phenols is 1. The first-order valence-corrected chi connectivity index (χ1v) is 52.9. The highest BCUT2D eigenvalue weighted by Crippen LogP contribution is 2.43. The van der Waals surface area contributed by atoms with E-state index < -0.39 is 254 Å². The Morgan fingerprint density at radius 3 is 1.10 bits per heavy atom. The lowest BCUT2D eigenvalue weighted by atomic mass is 9.79. The van der Waals surface area contributed by atoms with Crippen molar-refractivity contribution in [1.82, 2.24) is 69.1 Å². The molecule has 5 aliphatic carbocycles. The fourth-order valence-corrected chi connectivity index (χ4v) is 19.8. The normalized spacial score (nSPS) is 24.7. The van der Waals surface area contributed by atoms with Crippen LogP contribution in [-0.2, 0) is 62.3 Å². The molecule has 12 atom stereocenters. The summed E-state index contributed by atoms with van der Waals surface area (Å²) >= 11 is 9.83. The summed E-state index contributed by atoms with van der Waals surface area (Å²) in [7, 11) is 0. The van der Waals surface area contributed by atoms with Crippen LogP contribution in [0.5, 0.6) is 5.75 Å². The SMILES string of the molecule is NC(=O)CCNC(=O)[C@H](CCCCNC(=S)Nc1ccc(-c2c3ccc(=O)cc-3oc3cc(O)ccc23)c(C(=O)O)c1)NC(=O)[C@H](CCCCNC(=O)[C@H](CCCCNC(=O)CSCCNC(=O)C1(O)C[C@H](O)C(O)[C@@H](O)C1)NC(=O)CSCCNC(=O)C1(O)C[C@H](O)C(O)[C@@H](O)C1)NC(=O)[C@H](CCCCNC(=O)CSCCNC(=O)C1(O)C[C@H](O)C(O)[C@@H](O)C1)NC(=O)CSCCNC(=O)C1(O)C[C@H](O)C(O)[C@@H](O)C1. The van der Waals surface area contributed by atoms with E-state index in [1.165, 1.54) is 42.5 Å². The van der Waals surface area contributed by atoms with Gasteiger partial charge in [0.1, 0.15) is 88.1 Å². The van der Waals surface area contributed by atoms with Crippen LogP contribution in [0.3, 0.4) is 0 Å². The van der Waals surface area contributed by atoms with Gasteiger partial charge in [-0.2, -0.15) is 47.0 Å². The second-order valence-corrected chi connectivity index (χ2v) is 41.4. The summed E-state index contributed by atoms with van der Waals surface area (Å²) in [6.45, 7) is -0.545. The molecule has 812 valence electrons. The number of aromatic hydroxyl groups is 1. The van der Waals surface area contributed by atoms with E-state index in [0.717, 1.165) is 47.0 Å². The third-order valence-electron chi connectivity index (χ3n) is 24.9. The third-order valence-corrected chi connectivity index (χ3v) is 29.0. The zero-order valence-electron chi connectivity index (χ0n) is 80.0. The highest BCUT2D eigenvalue weighted by Gasteiger charge is 2.52. The van der Waals surface area contributed by atoms with Gasteiger partial charge in [-0.15, -0.1) is 0 Å². The molecule has 2 aromatic rings. The fourth-order valence-electron chi connectivity index (χ4n) is 17.0. The van der Waals surface area contributed by atoms with Gasteiger partial charge in [-0.05, 0) is 131 Å². The molecule has 13 amide bonds. The van der Waals surface area contributed by atoms with Crippen molar-refractivity contribution in [3.05, 3.63) is 70.4 Å². The van der Waals surface area contributed by atoms with Crippen molar-refractivity contribution in [2.75, 3.05) is 110 Å². The van der Waals surface area contributed by atoms with Crippen LogP contribution in [0.25, 0.3) is 33.4 Å². The molecule has 0 radical (unpaired) electrons. The number of phenolic OH excluding ortho intramolecular Hbond substituents is 1. The van der Waals surface area contributed by atoms with Crippen LogP contribution in [0, 0.1) is 0 Å². The van der Waals surface area contributed by atoms with E-state index in [2.05, 4.69) is 74.4 Å². The topological polar surface area (TPSA) is 828 Å². The van der Waals surface area contributed by atoms with Crippen LogP contribution in [-0.4, -0.2) is 405 Å². The van der Waals surface area contributed by atoms with Gasteiger partial charge < -0.3 is 177 Å². The van der Waals surface area contributed by atoms with Crippen molar-refractivity contribution in [2.45, 2.75) is 255 Å². The number of carbonyl (C=O) groups is 14. The smallest absolute Gasteiger partial charge is 0.336 e. The molecule has 1 heterocycles. The number of rotatable bonds is 58. The molecule has 49 nitrogen and oxygen atoms in total. The first-order valence-electron chi connectivity index (χ1n) is 47.8. The predicted octanol–water partition coefficient (Wildman–Crippen LogP) is -7.96. The number of aliphatic hydroxyl groups is 16. The van der Waals surface area contributed by atoms with Gasteiger partial charge in [-0.25, -0.2) is 4.79 Å². The van der Waals surface area contributed by atoms with Gasteiger partial charge in [0.05, 0.1) is 77.4 Å². The fraction of sp³-hybridized carbons (Fsp3) is 0.630. The van der Waals surface area contributed by atoms with Gasteiger partial charge >= 0.3 is 5.97 Å². The number of anilines is 1. The number of primary amides is 1. The maximum Gasteiger partial charge on any atom is 0.336 e. The van der Waals surface area contributed by atoms with Gasteiger partial charge in [0.15, 0.2) is 10.5 Å². The number of fused-ring (bicyclic) bond motifs is 2. The van der Waals surface area contributed by atoms with Crippen LogP contribution >= 0.6 is 59.3 Å². The van der Waals surface area contributed by atoms with Crippen LogP contribution in [0.2, 0.25) is 0 Å². The Bertz CT molecular complexity index is 5110. The Balaban J connectivity index is 0.957. The minimum atomic E-state index is -2.26. The van der Waals surface area contributed by atoms with E-state index in [4.69, 9.17) is 22.4 Å². The van der Waals surface area contributed by atoms with Gasteiger partial charge in [-0.3, -0.25) is 67.1 Å². The number of hydrogen-bond acceptors (Lipinski definition) is 38. The maximum atomic E-state index is 15.1. The summed E-state index contributed by atoms with van der Waals surface area (Å²) in [6.07, 6.45) is -23.2. The second-order valence-electron chi connectivity index (χ2n) is 36.6. The molecule has 0 aromatic heterocycles. The number of carboxylic acid groups (broad SMARTS) is 1. The Labute approximate surface area is 860 Å². The Morgan fingerprint density at radius 2 is 0.719 bits per heavy atom. The van der Waals surface area contributed by atoms with E-state index >= 15 is 9.59 Å². The molecule has 34 N–H and O–H groups in total. The highest BCUT2D eigenvalue weighted by atomic mass is 32.2. The van der Waals surface area contributed by atoms with Crippen LogP contribution in [0.15, 0.2) is 63.8 Å². The molecular weight excluding hydrogens is 2020 g/mol. The lowest BCUT2D eigenvalue weighted by Crippen LogP contribution is -2.59. The first-order chi connectivity index (χ1) is 69.1. The summed E-state index contributed by atoms with van der Waals surface area (Å²) < 4.78 is 5.96. The molecule has 0 spiro atoms. The molecule has 0 saturated heterocycles. The number of benzene rings is 3. The van der Waals surface area contributed by atoms with E-state index in [9.17, 15) is 154 Å². The Kier molecular flexibility index (Phi) is 48.8. The van der Waals surface area contributed by atoms with E-state index in [0.29, 0.717) is 16.5 Å². The zero-order chi connectivity index (χ0) is 107. The summed E-state index contributed by atoms with van der Waals surface area (Å²) in [6, 6.07) is 7.04. The maximum absolute atomic E-state index is 15.1. The van der Waals surface area contributed by atoms with Crippen molar-refractivity contribution in [1.29, 1.82) is 0 Å².